The van der Waals surface area contributed by atoms with Crippen LogP contribution < -0.4 is 4.74 Å². The molecule has 0 spiro atoms. The third-order valence-corrected chi connectivity index (χ3v) is 10.1. The van der Waals surface area contributed by atoms with E-state index in [1.54, 1.807) is 12.1 Å². The molecule has 0 aliphatic carbocycles. The maximum absolute atomic E-state index is 11.3. The first-order valence-corrected chi connectivity index (χ1v) is 17.2. The van der Waals surface area contributed by atoms with Crippen molar-refractivity contribution in [3.63, 3.8) is 0 Å². The number of thioether (sulfide) groups is 2. The zero-order valence-electron chi connectivity index (χ0n) is 29.8. The molecule has 246 valence electrons. The number of phenolic OH excluding ortho intramolecular Hbond substituents is 1. The fraction of sp³-hybridized carbons (Fsp3) is 0.526. The largest absolute Gasteiger partial charge is 0.507 e. The van der Waals surface area contributed by atoms with E-state index in [1.165, 1.54) is 17.0 Å². The summed E-state index contributed by atoms with van der Waals surface area (Å²) >= 11 is 3.66. The molecule has 0 atom stereocenters. The predicted molar refractivity (Wildman–Crippen MR) is 193 cm³/mol. The molecule has 7 heteroatoms. The highest BCUT2D eigenvalue weighted by Gasteiger charge is 2.32. The Morgan fingerprint density at radius 3 is 1.33 bits per heavy atom. The lowest BCUT2D eigenvalue weighted by molar-refractivity contribution is -0.384. The van der Waals surface area contributed by atoms with Crippen LogP contribution in [0.4, 0.5) is 5.69 Å². The van der Waals surface area contributed by atoms with Crippen molar-refractivity contribution in [2.45, 2.75) is 139 Å². The van der Waals surface area contributed by atoms with E-state index in [-0.39, 0.29) is 36.3 Å². The third kappa shape index (κ3) is 9.45. The van der Waals surface area contributed by atoms with Crippen LogP contribution in [0.3, 0.4) is 0 Å². The maximum Gasteiger partial charge on any atom is 0.269 e. The van der Waals surface area contributed by atoms with E-state index >= 15 is 0 Å². The predicted octanol–water partition coefficient (Wildman–Crippen LogP) is 11.7. The van der Waals surface area contributed by atoms with Crippen molar-refractivity contribution in [1.82, 2.24) is 0 Å². The lowest BCUT2D eigenvalue weighted by Crippen LogP contribution is -2.20. The minimum Gasteiger partial charge on any atom is -0.507 e. The summed E-state index contributed by atoms with van der Waals surface area (Å²) in [5, 5.41) is 22.4. The van der Waals surface area contributed by atoms with Crippen molar-refractivity contribution >= 4 is 29.2 Å². The molecule has 3 aromatic rings. The SMILES string of the molecule is CC(C)(Sc1cc(C(C)(C)C)c(O)c(C(C)(C)C)c1)Sc1cc(C(C)(C)C)c(OCc2ccc([N+](=O)[O-])cc2)c(C(C)(C)C)c1. The van der Waals surface area contributed by atoms with Gasteiger partial charge in [0.15, 0.2) is 0 Å². The molecule has 3 aromatic carbocycles. The van der Waals surface area contributed by atoms with Gasteiger partial charge in [0.2, 0.25) is 0 Å². The molecule has 5 nitrogen and oxygen atoms in total. The van der Waals surface area contributed by atoms with Gasteiger partial charge in [-0.05, 0) is 77.5 Å². The Kier molecular flexibility index (Phi) is 10.5. The molecule has 0 amide bonds. The highest BCUT2D eigenvalue weighted by atomic mass is 32.2. The normalized spacial score (nSPS) is 13.2. The summed E-state index contributed by atoms with van der Waals surface area (Å²) < 4.78 is 6.37. The van der Waals surface area contributed by atoms with Crippen LogP contribution in [0.2, 0.25) is 0 Å². The van der Waals surface area contributed by atoms with Crippen LogP contribution in [0.1, 0.15) is 125 Å². The fourth-order valence-corrected chi connectivity index (χ4v) is 7.79. The molecule has 45 heavy (non-hydrogen) atoms. The first-order chi connectivity index (χ1) is 20.3. The van der Waals surface area contributed by atoms with Crippen LogP contribution in [0.15, 0.2) is 58.3 Å². The molecule has 0 aliphatic heterocycles. The average molecular weight is 652 g/mol. The van der Waals surface area contributed by atoms with Crippen LogP contribution in [-0.4, -0.2) is 14.1 Å². The van der Waals surface area contributed by atoms with Gasteiger partial charge in [-0.2, -0.15) is 0 Å². The monoisotopic (exact) mass is 651 g/mol. The van der Waals surface area contributed by atoms with Crippen molar-refractivity contribution < 1.29 is 14.8 Å². The number of nitro groups is 1. The third-order valence-electron chi connectivity index (χ3n) is 7.64. The summed E-state index contributed by atoms with van der Waals surface area (Å²) in [6.07, 6.45) is 0. The zero-order valence-corrected chi connectivity index (χ0v) is 31.4. The summed E-state index contributed by atoms with van der Waals surface area (Å²) in [5.74, 6) is 1.28. The first-order valence-electron chi connectivity index (χ1n) is 15.6. The molecule has 0 saturated carbocycles. The second-order valence-electron chi connectivity index (χ2n) is 16.5. The van der Waals surface area contributed by atoms with E-state index in [0.717, 1.165) is 38.5 Å². The highest BCUT2D eigenvalue weighted by Crippen LogP contribution is 2.51. The highest BCUT2D eigenvalue weighted by molar-refractivity contribution is 8.18. The molecule has 0 aliphatic rings. The van der Waals surface area contributed by atoms with Gasteiger partial charge in [0.25, 0.3) is 5.69 Å². The number of nitro benzene ring substituents is 1. The van der Waals surface area contributed by atoms with Gasteiger partial charge in [0.05, 0.1) is 9.00 Å². The number of ether oxygens (including phenoxy) is 1. The number of aromatic hydroxyl groups is 1. The van der Waals surface area contributed by atoms with Gasteiger partial charge in [-0.25, -0.2) is 0 Å². The Labute approximate surface area is 280 Å². The van der Waals surface area contributed by atoms with Crippen molar-refractivity contribution in [1.29, 1.82) is 0 Å². The Hall–Kier alpha value is -2.64. The van der Waals surface area contributed by atoms with Crippen LogP contribution >= 0.6 is 23.5 Å². The fourth-order valence-electron chi connectivity index (χ4n) is 5.20. The molecule has 0 fully saturated rings. The number of rotatable bonds is 8. The first kappa shape index (κ1) is 36.8. The molecule has 3 rings (SSSR count). The van der Waals surface area contributed by atoms with Crippen LogP contribution in [-0.2, 0) is 28.3 Å². The quantitative estimate of drug-likeness (QED) is 0.113. The smallest absolute Gasteiger partial charge is 0.269 e. The summed E-state index contributed by atoms with van der Waals surface area (Å²) in [6, 6.07) is 15.4. The molecule has 0 heterocycles. The van der Waals surface area contributed by atoms with E-state index in [0.29, 0.717) is 12.4 Å². The second kappa shape index (κ2) is 12.9. The summed E-state index contributed by atoms with van der Waals surface area (Å²) in [6.45, 7) is 31.0. The second-order valence-corrected chi connectivity index (χ2v) is 20.2. The van der Waals surface area contributed by atoms with Gasteiger partial charge >= 0.3 is 0 Å². The minimum absolute atomic E-state index is 0.0722. The molecule has 1 N–H and O–H groups in total. The number of hydrogen-bond donors (Lipinski definition) is 1. The van der Waals surface area contributed by atoms with Gasteiger partial charge in [-0.1, -0.05) is 83.1 Å². The van der Waals surface area contributed by atoms with Crippen LogP contribution in [0.25, 0.3) is 0 Å². The number of phenols is 1. The molecule has 0 aromatic heterocycles. The Morgan fingerprint density at radius 1 is 0.644 bits per heavy atom. The lowest BCUT2D eigenvalue weighted by Gasteiger charge is -2.32. The van der Waals surface area contributed by atoms with E-state index in [4.69, 9.17) is 4.74 Å². The zero-order chi connectivity index (χ0) is 34.3. The summed E-state index contributed by atoms with van der Waals surface area (Å²) in [7, 11) is 0. The molecular weight excluding hydrogens is 599 g/mol. The van der Waals surface area contributed by atoms with Crippen molar-refractivity contribution in [3.8, 4) is 11.5 Å². The van der Waals surface area contributed by atoms with E-state index in [2.05, 4.69) is 121 Å². The van der Waals surface area contributed by atoms with E-state index in [9.17, 15) is 15.2 Å². The van der Waals surface area contributed by atoms with Gasteiger partial charge in [0, 0.05) is 44.2 Å². The summed E-state index contributed by atoms with van der Waals surface area (Å²) in [5.41, 5.74) is 4.42. The molecule has 0 saturated heterocycles. The Bertz CT molecular complexity index is 1460. The van der Waals surface area contributed by atoms with Gasteiger partial charge < -0.3 is 9.84 Å². The number of non-ortho nitro benzene ring substituents is 1. The van der Waals surface area contributed by atoms with Crippen LogP contribution in [0, 0.1) is 10.1 Å². The van der Waals surface area contributed by atoms with Gasteiger partial charge in [-0.3, -0.25) is 10.1 Å². The Morgan fingerprint density at radius 2 is 1.00 bits per heavy atom. The molecular formula is C38H53NO4S2. The number of benzene rings is 3. The molecule has 0 bridgehead atoms. The van der Waals surface area contributed by atoms with E-state index < -0.39 is 0 Å². The molecule has 0 unspecified atom stereocenters. The van der Waals surface area contributed by atoms with Crippen molar-refractivity contribution in [3.05, 3.63) is 86.5 Å². The Balaban J connectivity index is 2.04. The average Bonchev–Trinajstić information content (AvgIpc) is 2.85. The molecule has 0 radical (unpaired) electrons. The standard InChI is InChI=1S/C38H53NO4S2/c1-34(2,3)28-19-26(20-29(32(28)40)35(4,5)6)44-38(13,14)45-27-21-30(36(7,8)9)33(31(22-27)37(10,11)12)43-23-24-15-17-25(18-16-24)39(41)42/h15-22,40H,23H2,1-14H3. The van der Waals surface area contributed by atoms with Gasteiger partial charge in [-0.15, -0.1) is 23.5 Å². The topological polar surface area (TPSA) is 72.6 Å². The maximum atomic E-state index is 11.3. The van der Waals surface area contributed by atoms with E-state index in [1.807, 2.05) is 23.5 Å². The van der Waals surface area contributed by atoms with Crippen LogP contribution in [0.5, 0.6) is 11.5 Å². The number of nitrogens with zero attached hydrogens (tertiary/aromatic N) is 1. The minimum atomic E-state index is -0.384. The van der Waals surface area contributed by atoms with Crippen molar-refractivity contribution in [2.75, 3.05) is 0 Å². The van der Waals surface area contributed by atoms with Gasteiger partial charge in [0.1, 0.15) is 18.1 Å². The number of hydrogen-bond acceptors (Lipinski definition) is 6. The summed E-state index contributed by atoms with van der Waals surface area (Å²) in [4.78, 5) is 13.1. The lowest BCUT2D eigenvalue weighted by atomic mass is 9.79. The van der Waals surface area contributed by atoms with Crippen molar-refractivity contribution in [2.24, 2.45) is 0 Å².